The van der Waals surface area contributed by atoms with Crippen LogP contribution in [0.2, 0.25) is 0 Å². The van der Waals surface area contributed by atoms with E-state index in [-0.39, 0.29) is 0 Å². The Morgan fingerprint density at radius 2 is 1.79 bits per heavy atom. The average Bonchev–Trinajstić information content (AvgIpc) is 2.94. The van der Waals surface area contributed by atoms with Crippen molar-refractivity contribution < 1.29 is 0 Å². The van der Waals surface area contributed by atoms with Gasteiger partial charge in [-0.15, -0.1) is 11.3 Å². The molecule has 0 radical (unpaired) electrons. The Morgan fingerprint density at radius 3 is 2.68 bits per heavy atom. The zero-order valence-electron chi connectivity index (χ0n) is 11.0. The summed E-state index contributed by atoms with van der Waals surface area (Å²) in [6.07, 6.45) is 0. The van der Waals surface area contributed by atoms with Gasteiger partial charge in [-0.1, -0.05) is 49.4 Å². The molecule has 0 aliphatic heterocycles. The molecule has 1 N–H and O–H groups in total. The van der Waals surface area contributed by atoms with E-state index in [1.54, 1.807) is 0 Å². The van der Waals surface area contributed by atoms with Crippen molar-refractivity contribution in [3.8, 4) is 11.1 Å². The fourth-order valence-electron chi connectivity index (χ4n) is 2.40. The molecule has 0 amide bonds. The molecule has 0 atom stereocenters. The number of benzene rings is 2. The Labute approximate surface area is 117 Å². The lowest BCUT2D eigenvalue weighted by atomic mass is 9.98. The van der Waals surface area contributed by atoms with Crippen molar-refractivity contribution in [3.63, 3.8) is 0 Å². The minimum atomic E-state index is 0.925. The van der Waals surface area contributed by atoms with Crippen LogP contribution in [0.25, 0.3) is 21.2 Å². The van der Waals surface area contributed by atoms with Crippen LogP contribution in [0.1, 0.15) is 12.5 Å². The highest BCUT2D eigenvalue weighted by Gasteiger charge is 2.08. The SMILES string of the molecule is CCNCc1ccccc1-c1cccc2ccsc12. The lowest BCUT2D eigenvalue weighted by Gasteiger charge is -2.11. The van der Waals surface area contributed by atoms with Gasteiger partial charge in [-0.25, -0.2) is 0 Å². The van der Waals surface area contributed by atoms with E-state index in [9.17, 15) is 0 Å². The van der Waals surface area contributed by atoms with Crippen molar-refractivity contribution in [1.82, 2.24) is 5.32 Å². The Balaban J connectivity index is 2.13. The van der Waals surface area contributed by atoms with Gasteiger partial charge in [0.15, 0.2) is 0 Å². The molecule has 0 bridgehead atoms. The number of rotatable bonds is 4. The van der Waals surface area contributed by atoms with E-state index in [0.29, 0.717) is 0 Å². The molecule has 3 aromatic rings. The molecule has 0 aliphatic carbocycles. The fraction of sp³-hybridized carbons (Fsp3) is 0.176. The number of hydrogen-bond donors (Lipinski definition) is 1. The highest BCUT2D eigenvalue weighted by molar-refractivity contribution is 7.17. The third-order valence-corrected chi connectivity index (χ3v) is 4.32. The molecule has 2 aromatic carbocycles. The standard InChI is InChI=1S/C17H17NS/c1-2-18-12-14-6-3-4-8-15(14)16-9-5-7-13-10-11-19-17(13)16/h3-11,18H,2,12H2,1H3. The number of nitrogens with one attached hydrogen (secondary N) is 1. The van der Waals surface area contributed by atoms with Gasteiger partial charge in [0.25, 0.3) is 0 Å². The molecule has 1 heterocycles. The van der Waals surface area contributed by atoms with Crippen molar-refractivity contribution in [3.05, 3.63) is 59.5 Å². The van der Waals surface area contributed by atoms with Crippen molar-refractivity contribution in [2.45, 2.75) is 13.5 Å². The minimum Gasteiger partial charge on any atom is -0.313 e. The summed E-state index contributed by atoms with van der Waals surface area (Å²) >= 11 is 1.82. The molecule has 0 saturated heterocycles. The van der Waals surface area contributed by atoms with Crippen LogP contribution in [-0.2, 0) is 6.54 Å². The molecule has 0 aliphatic rings. The van der Waals surface area contributed by atoms with Gasteiger partial charge in [-0.05, 0) is 40.1 Å². The maximum Gasteiger partial charge on any atom is 0.0421 e. The maximum absolute atomic E-state index is 3.42. The lowest BCUT2D eigenvalue weighted by molar-refractivity contribution is 0.728. The molecule has 0 fully saturated rings. The van der Waals surface area contributed by atoms with Gasteiger partial charge >= 0.3 is 0 Å². The summed E-state index contributed by atoms with van der Waals surface area (Å²) in [6.45, 7) is 4.06. The molecular formula is C17H17NS. The van der Waals surface area contributed by atoms with Crippen molar-refractivity contribution in [2.24, 2.45) is 0 Å². The Bertz CT molecular complexity index is 684. The van der Waals surface area contributed by atoms with Gasteiger partial charge in [0, 0.05) is 11.2 Å². The molecule has 1 nitrogen and oxygen atoms in total. The second kappa shape index (κ2) is 5.55. The zero-order chi connectivity index (χ0) is 13.1. The summed E-state index contributed by atoms with van der Waals surface area (Å²) in [4.78, 5) is 0. The van der Waals surface area contributed by atoms with Gasteiger partial charge in [0.1, 0.15) is 0 Å². The quantitative estimate of drug-likeness (QED) is 0.724. The summed E-state index contributed by atoms with van der Waals surface area (Å²) in [5.74, 6) is 0. The third-order valence-electron chi connectivity index (χ3n) is 3.35. The first-order valence-corrected chi connectivity index (χ1v) is 7.53. The smallest absolute Gasteiger partial charge is 0.0421 e. The first-order chi connectivity index (χ1) is 9.40. The van der Waals surface area contributed by atoms with E-state index in [2.05, 4.69) is 66.2 Å². The van der Waals surface area contributed by atoms with Gasteiger partial charge < -0.3 is 5.32 Å². The molecule has 0 spiro atoms. The van der Waals surface area contributed by atoms with Crippen LogP contribution in [0.15, 0.2) is 53.9 Å². The maximum atomic E-state index is 3.42. The van der Waals surface area contributed by atoms with Crippen LogP contribution in [0, 0.1) is 0 Å². The molecule has 1 aromatic heterocycles. The van der Waals surface area contributed by atoms with Gasteiger partial charge in [0.2, 0.25) is 0 Å². The second-order valence-electron chi connectivity index (χ2n) is 4.58. The highest BCUT2D eigenvalue weighted by atomic mass is 32.1. The fourth-order valence-corrected chi connectivity index (χ4v) is 3.33. The normalized spacial score (nSPS) is 11.0. The van der Waals surface area contributed by atoms with Crippen LogP contribution < -0.4 is 5.32 Å². The monoisotopic (exact) mass is 267 g/mol. The summed E-state index contributed by atoms with van der Waals surface area (Å²) in [5, 5.41) is 6.92. The van der Waals surface area contributed by atoms with Crippen LogP contribution >= 0.6 is 11.3 Å². The van der Waals surface area contributed by atoms with E-state index in [1.165, 1.54) is 26.8 Å². The first kappa shape index (κ1) is 12.4. The molecular weight excluding hydrogens is 250 g/mol. The molecule has 96 valence electrons. The predicted octanol–water partition coefficient (Wildman–Crippen LogP) is 4.68. The van der Waals surface area contributed by atoms with Crippen molar-refractivity contribution >= 4 is 21.4 Å². The Kier molecular flexibility index (Phi) is 3.62. The van der Waals surface area contributed by atoms with Gasteiger partial charge in [0.05, 0.1) is 0 Å². The van der Waals surface area contributed by atoms with Crippen molar-refractivity contribution in [2.75, 3.05) is 6.54 Å². The van der Waals surface area contributed by atoms with Crippen LogP contribution in [-0.4, -0.2) is 6.54 Å². The predicted molar refractivity (Wildman–Crippen MR) is 84.6 cm³/mol. The van der Waals surface area contributed by atoms with Crippen molar-refractivity contribution in [1.29, 1.82) is 0 Å². The summed E-state index contributed by atoms with van der Waals surface area (Å²) in [7, 11) is 0. The Hall–Kier alpha value is -1.64. The van der Waals surface area contributed by atoms with Crippen LogP contribution in [0.4, 0.5) is 0 Å². The largest absolute Gasteiger partial charge is 0.313 e. The van der Waals surface area contributed by atoms with E-state index in [4.69, 9.17) is 0 Å². The summed E-state index contributed by atoms with van der Waals surface area (Å²) in [6, 6.07) is 17.4. The minimum absolute atomic E-state index is 0.925. The highest BCUT2D eigenvalue weighted by Crippen LogP contribution is 2.34. The Morgan fingerprint density at radius 1 is 0.947 bits per heavy atom. The average molecular weight is 267 g/mol. The van der Waals surface area contributed by atoms with E-state index >= 15 is 0 Å². The van der Waals surface area contributed by atoms with E-state index < -0.39 is 0 Å². The van der Waals surface area contributed by atoms with Gasteiger partial charge in [-0.3, -0.25) is 0 Å². The molecule has 19 heavy (non-hydrogen) atoms. The summed E-state index contributed by atoms with van der Waals surface area (Å²) in [5.41, 5.74) is 4.06. The third kappa shape index (κ3) is 2.42. The second-order valence-corrected chi connectivity index (χ2v) is 5.50. The molecule has 0 unspecified atom stereocenters. The first-order valence-electron chi connectivity index (χ1n) is 6.65. The van der Waals surface area contributed by atoms with Crippen LogP contribution in [0.5, 0.6) is 0 Å². The molecule has 0 saturated carbocycles. The number of thiophene rings is 1. The summed E-state index contributed by atoms with van der Waals surface area (Å²) < 4.78 is 1.38. The molecule has 2 heteroatoms. The topological polar surface area (TPSA) is 12.0 Å². The number of fused-ring (bicyclic) bond motifs is 1. The van der Waals surface area contributed by atoms with Gasteiger partial charge in [-0.2, -0.15) is 0 Å². The molecule has 3 rings (SSSR count). The van der Waals surface area contributed by atoms with E-state index in [1.807, 2.05) is 11.3 Å². The van der Waals surface area contributed by atoms with E-state index in [0.717, 1.165) is 13.1 Å². The number of hydrogen-bond acceptors (Lipinski definition) is 2. The lowest BCUT2D eigenvalue weighted by Crippen LogP contribution is -2.12. The zero-order valence-corrected chi connectivity index (χ0v) is 11.8. The van der Waals surface area contributed by atoms with Crippen LogP contribution in [0.3, 0.4) is 0 Å².